The average molecular weight is 232 g/mol. The second kappa shape index (κ2) is 4.98. The minimum Gasteiger partial charge on any atom is -0.321 e. The molecule has 0 bridgehead atoms. The number of ketones is 1. The number of nitrogens with two attached hydrogens (primary N) is 1. The van der Waals surface area contributed by atoms with Gasteiger partial charge in [-0.05, 0) is 17.0 Å². The van der Waals surface area contributed by atoms with Crippen molar-refractivity contribution in [1.82, 2.24) is 5.32 Å². The van der Waals surface area contributed by atoms with Crippen LogP contribution in [0, 0.1) is 5.92 Å². The molecule has 1 aromatic carbocycles. The maximum Gasteiger partial charge on any atom is 0.180 e. The van der Waals surface area contributed by atoms with E-state index in [-0.39, 0.29) is 17.7 Å². The van der Waals surface area contributed by atoms with Crippen molar-refractivity contribution in [3.05, 3.63) is 34.9 Å². The van der Waals surface area contributed by atoms with Gasteiger partial charge in [-0.25, -0.2) is 0 Å². The predicted molar refractivity (Wildman–Crippen MR) is 68.7 cm³/mol. The SMILES string of the molecule is CCC(C)C(N)C(=O)c1cccc2c1CNC2. The van der Waals surface area contributed by atoms with Crippen molar-refractivity contribution in [3.8, 4) is 0 Å². The molecule has 2 rings (SSSR count). The van der Waals surface area contributed by atoms with Gasteiger partial charge in [-0.1, -0.05) is 38.5 Å². The zero-order chi connectivity index (χ0) is 12.4. The molecule has 3 N–H and O–H groups in total. The summed E-state index contributed by atoms with van der Waals surface area (Å²) in [5, 5.41) is 3.27. The van der Waals surface area contributed by atoms with Crippen molar-refractivity contribution in [2.75, 3.05) is 0 Å². The molecule has 0 saturated carbocycles. The molecule has 3 nitrogen and oxygen atoms in total. The Balaban J connectivity index is 2.29. The molecule has 1 aliphatic rings. The van der Waals surface area contributed by atoms with Gasteiger partial charge in [0.2, 0.25) is 0 Å². The molecule has 1 aliphatic heterocycles. The number of nitrogens with one attached hydrogen (secondary N) is 1. The van der Waals surface area contributed by atoms with E-state index in [1.165, 1.54) is 5.56 Å². The third-order valence-electron chi connectivity index (χ3n) is 3.72. The number of carbonyl (C=O) groups excluding carboxylic acids is 1. The van der Waals surface area contributed by atoms with Crippen LogP contribution >= 0.6 is 0 Å². The fraction of sp³-hybridized carbons (Fsp3) is 0.500. The number of hydrogen-bond donors (Lipinski definition) is 2. The molecule has 0 fully saturated rings. The standard InChI is InChI=1S/C14H20N2O/c1-3-9(2)13(15)14(17)11-6-4-5-10-7-16-8-12(10)11/h4-6,9,13,16H,3,7-8,15H2,1-2H3. The topological polar surface area (TPSA) is 55.1 Å². The first-order valence-corrected chi connectivity index (χ1v) is 6.26. The van der Waals surface area contributed by atoms with Crippen molar-refractivity contribution >= 4 is 5.78 Å². The molecule has 0 amide bonds. The van der Waals surface area contributed by atoms with Crippen LogP contribution in [0.5, 0.6) is 0 Å². The highest BCUT2D eigenvalue weighted by Gasteiger charge is 2.25. The third kappa shape index (κ3) is 2.26. The van der Waals surface area contributed by atoms with E-state index in [0.717, 1.165) is 30.6 Å². The van der Waals surface area contributed by atoms with Crippen molar-refractivity contribution in [1.29, 1.82) is 0 Å². The molecule has 1 aromatic rings. The molecule has 2 unspecified atom stereocenters. The molecule has 0 aromatic heterocycles. The van der Waals surface area contributed by atoms with E-state index in [0.29, 0.717) is 0 Å². The number of hydrogen-bond acceptors (Lipinski definition) is 3. The van der Waals surface area contributed by atoms with E-state index in [9.17, 15) is 4.79 Å². The number of benzene rings is 1. The van der Waals surface area contributed by atoms with Crippen LogP contribution in [0.25, 0.3) is 0 Å². The monoisotopic (exact) mass is 232 g/mol. The van der Waals surface area contributed by atoms with Gasteiger partial charge in [0, 0.05) is 18.7 Å². The molecule has 2 atom stereocenters. The lowest BCUT2D eigenvalue weighted by molar-refractivity contribution is 0.0934. The van der Waals surface area contributed by atoms with Gasteiger partial charge in [0.15, 0.2) is 5.78 Å². The van der Waals surface area contributed by atoms with Crippen molar-refractivity contribution < 1.29 is 4.79 Å². The fourth-order valence-corrected chi connectivity index (χ4v) is 2.25. The zero-order valence-corrected chi connectivity index (χ0v) is 10.5. The Hall–Kier alpha value is -1.19. The molecule has 92 valence electrons. The average Bonchev–Trinajstić information content (AvgIpc) is 2.83. The summed E-state index contributed by atoms with van der Waals surface area (Å²) >= 11 is 0. The first-order chi connectivity index (χ1) is 8.15. The lowest BCUT2D eigenvalue weighted by atomic mass is 9.89. The molecule has 0 saturated heterocycles. The number of Topliss-reactive ketones (excluding diaryl/α,β-unsaturated/α-hetero) is 1. The maximum atomic E-state index is 12.4. The van der Waals surface area contributed by atoms with Gasteiger partial charge in [-0.3, -0.25) is 4.79 Å². The number of fused-ring (bicyclic) bond motifs is 1. The Morgan fingerprint density at radius 3 is 2.94 bits per heavy atom. The van der Waals surface area contributed by atoms with Gasteiger partial charge in [-0.15, -0.1) is 0 Å². The molecule has 0 spiro atoms. The summed E-state index contributed by atoms with van der Waals surface area (Å²) in [6, 6.07) is 5.53. The summed E-state index contributed by atoms with van der Waals surface area (Å²) in [5.41, 5.74) is 9.20. The third-order valence-corrected chi connectivity index (χ3v) is 3.72. The highest BCUT2D eigenvalue weighted by Crippen LogP contribution is 2.22. The van der Waals surface area contributed by atoms with Crippen LogP contribution in [0.3, 0.4) is 0 Å². The smallest absolute Gasteiger partial charge is 0.180 e. The van der Waals surface area contributed by atoms with Crippen molar-refractivity contribution in [3.63, 3.8) is 0 Å². The first-order valence-electron chi connectivity index (χ1n) is 6.26. The molecular formula is C14H20N2O. The van der Waals surface area contributed by atoms with Crippen LogP contribution in [0.1, 0.15) is 41.8 Å². The van der Waals surface area contributed by atoms with Crippen LogP contribution in [0.15, 0.2) is 18.2 Å². The van der Waals surface area contributed by atoms with E-state index in [1.54, 1.807) is 0 Å². The predicted octanol–water partition coefficient (Wildman–Crippen LogP) is 1.85. The van der Waals surface area contributed by atoms with Crippen molar-refractivity contribution in [2.24, 2.45) is 11.7 Å². The minimum absolute atomic E-state index is 0.0832. The Morgan fingerprint density at radius 2 is 2.24 bits per heavy atom. The molecule has 0 radical (unpaired) electrons. The lowest BCUT2D eigenvalue weighted by Crippen LogP contribution is -2.37. The summed E-state index contributed by atoms with van der Waals surface area (Å²) in [6.07, 6.45) is 0.931. The van der Waals surface area contributed by atoms with Gasteiger partial charge >= 0.3 is 0 Å². The van der Waals surface area contributed by atoms with Crippen LogP contribution < -0.4 is 11.1 Å². The maximum absolute atomic E-state index is 12.4. The Labute approximate surface area is 102 Å². The second-order valence-corrected chi connectivity index (χ2v) is 4.82. The van der Waals surface area contributed by atoms with Gasteiger partial charge in [0.05, 0.1) is 6.04 Å². The second-order valence-electron chi connectivity index (χ2n) is 4.82. The summed E-state index contributed by atoms with van der Waals surface area (Å²) in [4.78, 5) is 12.4. The summed E-state index contributed by atoms with van der Waals surface area (Å²) in [6.45, 7) is 5.73. The van der Waals surface area contributed by atoms with Gasteiger partial charge in [-0.2, -0.15) is 0 Å². The number of carbonyl (C=O) groups is 1. The van der Waals surface area contributed by atoms with Crippen LogP contribution in [0.2, 0.25) is 0 Å². The Bertz CT molecular complexity index is 428. The highest BCUT2D eigenvalue weighted by molar-refractivity contribution is 6.01. The Kier molecular flexibility index (Phi) is 3.60. The van der Waals surface area contributed by atoms with Crippen LogP contribution in [0.4, 0.5) is 0 Å². The van der Waals surface area contributed by atoms with E-state index in [2.05, 4.69) is 18.3 Å². The minimum atomic E-state index is -0.382. The molecule has 1 heterocycles. The number of rotatable bonds is 4. The van der Waals surface area contributed by atoms with E-state index in [4.69, 9.17) is 5.73 Å². The van der Waals surface area contributed by atoms with Crippen molar-refractivity contribution in [2.45, 2.75) is 39.4 Å². The van der Waals surface area contributed by atoms with Crippen LogP contribution in [-0.4, -0.2) is 11.8 Å². The van der Waals surface area contributed by atoms with Gasteiger partial charge in [0.25, 0.3) is 0 Å². The van der Waals surface area contributed by atoms with Gasteiger partial charge < -0.3 is 11.1 Å². The van der Waals surface area contributed by atoms with Crippen LogP contribution in [-0.2, 0) is 13.1 Å². The molecule has 3 heteroatoms. The molecular weight excluding hydrogens is 212 g/mol. The quantitative estimate of drug-likeness (QED) is 0.779. The van der Waals surface area contributed by atoms with Gasteiger partial charge in [0.1, 0.15) is 0 Å². The largest absolute Gasteiger partial charge is 0.321 e. The Morgan fingerprint density at radius 1 is 1.47 bits per heavy atom. The summed E-state index contributed by atoms with van der Waals surface area (Å²) in [5.74, 6) is 0.313. The van der Waals surface area contributed by atoms with E-state index >= 15 is 0 Å². The summed E-state index contributed by atoms with van der Waals surface area (Å²) in [7, 11) is 0. The molecule has 17 heavy (non-hydrogen) atoms. The first kappa shape index (κ1) is 12.3. The van der Waals surface area contributed by atoms with E-state index < -0.39 is 0 Å². The normalized spacial score (nSPS) is 17.6. The highest BCUT2D eigenvalue weighted by atomic mass is 16.1. The molecule has 0 aliphatic carbocycles. The van der Waals surface area contributed by atoms with E-state index in [1.807, 2.05) is 19.1 Å². The zero-order valence-electron chi connectivity index (χ0n) is 10.5. The summed E-state index contributed by atoms with van der Waals surface area (Å²) < 4.78 is 0. The lowest BCUT2D eigenvalue weighted by Gasteiger charge is -2.18. The fourth-order valence-electron chi connectivity index (χ4n) is 2.25.